The molecule has 4 nitrogen and oxygen atoms in total. The van der Waals surface area contributed by atoms with Crippen LogP contribution in [0.3, 0.4) is 0 Å². The maximum atomic E-state index is 6.67. The van der Waals surface area contributed by atoms with Crippen molar-refractivity contribution in [2.45, 2.75) is 464 Å². The van der Waals surface area contributed by atoms with Crippen molar-refractivity contribution in [3.63, 3.8) is 0 Å². The van der Waals surface area contributed by atoms with Gasteiger partial charge in [-0.15, -0.1) is 0 Å². The molecule has 0 amide bonds. The van der Waals surface area contributed by atoms with Gasteiger partial charge in [0.15, 0.2) is 0 Å². The molecule has 8 heteroatoms. The van der Waals surface area contributed by atoms with Gasteiger partial charge in [0.1, 0.15) is 0 Å². The van der Waals surface area contributed by atoms with Crippen LogP contribution in [0.2, 0.25) is 0 Å². The molecule has 0 spiro atoms. The van der Waals surface area contributed by atoms with Gasteiger partial charge in [0.25, 0.3) is 0 Å². The fourth-order valence-corrected chi connectivity index (χ4v) is 17.6. The van der Waals surface area contributed by atoms with Crippen LogP contribution >= 0.6 is 47.0 Å². The van der Waals surface area contributed by atoms with Gasteiger partial charge < -0.3 is 18.9 Å². The summed E-state index contributed by atoms with van der Waals surface area (Å²) in [6, 6.07) is 0. The molecule has 0 aromatic heterocycles. The summed E-state index contributed by atoms with van der Waals surface area (Å²) < 4.78 is 26.7. The van der Waals surface area contributed by atoms with E-state index in [2.05, 4.69) is 74.7 Å². The quantitative estimate of drug-likeness (QED) is 0.0558. The highest BCUT2D eigenvalue weighted by Gasteiger charge is 2.32. The van der Waals surface area contributed by atoms with Crippen LogP contribution in [0.15, 0.2) is 0 Å². The van der Waals surface area contributed by atoms with Crippen LogP contribution in [0.1, 0.15) is 464 Å². The molecular weight excluding hydrogens is 1260 g/mol. The van der Waals surface area contributed by atoms with Gasteiger partial charge in [-0.2, -0.15) is 47.0 Å². The van der Waals surface area contributed by atoms with Gasteiger partial charge in [-0.3, -0.25) is 0 Å². The molecule has 0 saturated carbocycles. The molecule has 0 atom stereocenters. The Morgan fingerprint density at radius 2 is 0.258 bits per heavy atom. The third kappa shape index (κ3) is 86.1. The number of hydrogen-bond donors (Lipinski definition) is 0. The van der Waals surface area contributed by atoms with E-state index in [0.717, 1.165) is 52.1 Å². The van der Waals surface area contributed by atoms with E-state index in [0.29, 0.717) is 26.4 Å². The van der Waals surface area contributed by atoms with Crippen LogP contribution in [0, 0.1) is 5.41 Å². The summed E-state index contributed by atoms with van der Waals surface area (Å²) in [5.41, 5.74) is -0.275. The molecule has 0 fully saturated rings. The maximum absolute atomic E-state index is 6.67. The lowest BCUT2D eigenvalue weighted by Crippen LogP contribution is -2.42. The molecule has 0 heterocycles. The van der Waals surface area contributed by atoms with Gasteiger partial charge in [0.2, 0.25) is 0 Å². The van der Waals surface area contributed by atoms with Gasteiger partial charge >= 0.3 is 0 Å². The Morgan fingerprint density at radius 3 is 0.392 bits per heavy atom. The Labute approximate surface area is 630 Å². The average molecular weight is 1440 g/mol. The average Bonchev–Trinajstić information content (AvgIpc) is 1.90. The van der Waals surface area contributed by atoms with Gasteiger partial charge in [-0.25, -0.2) is 0 Å². The first-order valence-electron chi connectivity index (χ1n) is 44.9. The van der Waals surface area contributed by atoms with Crippen LogP contribution in [0.5, 0.6) is 0 Å². The topological polar surface area (TPSA) is 36.9 Å². The van der Waals surface area contributed by atoms with Crippen LogP contribution in [0.25, 0.3) is 0 Å². The van der Waals surface area contributed by atoms with Crippen molar-refractivity contribution in [3.05, 3.63) is 0 Å². The fourth-order valence-electron chi connectivity index (χ4n) is 13.9. The molecule has 584 valence electrons. The van der Waals surface area contributed by atoms with Gasteiger partial charge in [-0.1, -0.05) is 413 Å². The minimum absolute atomic E-state index is 0.275. The second kappa shape index (κ2) is 91.4. The summed E-state index contributed by atoms with van der Waals surface area (Å²) in [4.78, 5) is 0. The lowest BCUT2D eigenvalue weighted by molar-refractivity contribution is -0.106. The summed E-state index contributed by atoms with van der Waals surface area (Å²) in [6.07, 6.45) is 96.5. The van der Waals surface area contributed by atoms with Crippen molar-refractivity contribution in [2.24, 2.45) is 5.41 Å². The highest BCUT2D eigenvalue weighted by Crippen LogP contribution is 2.25. The van der Waals surface area contributed by atoms with Crippen molar-refractivity contribution < 1.29 is 18.9 Å². The van der Waals surface area contributed by atoms with Crippen LogP contribution < -0.4 is 0 Å². The van der Waals surface area contributed by atoms with Crippen molar-refractivity contribution in [3.8, 4) is 0 Å². The summed E-state index contributed by atoms with van der Waals surface area (Å²) in [6.45, 7) is 15.2. The molecule has 0 N–H and O–H groups in total. The normalized spacial score (nSPS) is 12.0. The van der Waals surface area contributed by atoms with Gasteiger partial charge in [-0.05, 0) is 97.4 Å². The molecule has 97 heavy (non-hydrogen) atoms. The molecule has 0 aliphatic rings. The Balaban J connectivity index is 5.00. The second-order valence-corrected chi connectivity index (χ2v) is 35.7. The number of unbranched alkanes of at least 4 members (excludes halogenated alkanes) is 60. The number of rotatable bonds is 92. The monoisotopic (exact) mass is 1440 g/mol. The highest BCUT2D eigenvalue weighted by molar-refractivity contribution is 7.99. The minimum atomic E-state index is -0.275. The second-order valence-electron chi connectivity index (χ2n) is 30.8. The first-order chi connectivity index (χ1) is 48.2. The lowest BCUT2D eigenvalue weighted by Gasteiger charge is -2.33. The first-order valence-corrected chi connectivity index (χ1v) is 49.5. The van der Waals surface area contributed by atoms with Crippen LogP contribution in [-0.4, -0.2) is 98.9 Å². The fraction of sp³-hybridized carbons (Fsp3) is 1.00. The Hall–Kier alpha value is 1.24. The molecule has 0 rings (SSSR count). The van der Waals surface area contributed by atoms with Crippen LogP contribution in [-0.2, 0) is 18.9 Å². The van der Waals surface area contributed by atoms with E-state index >= 15 is 0 Å². The smallest absolute Gasteiger partial charge is 0.0637 e. The number of hydrogen-bond acceptors (Lipinski definition) is 8. The molecule has 0 saturated heterocycles. The molecule has 0 unspecified atom stereocenters. The molecule has 0 aliphatic carbocycles. The van der Waals surface area contributed by atoms with E-state index in [-0.39, 0.29) is 5.41 Å². The predicted octanol–water partition coefficient (Wildman–Crippen LogP) is 31.6. The predicted molar refractivity (Wildman–Crippen MR) is 452 cm³/mol. The van der Waals surface area contributed by atoms with Crippen molar-refractivity contribution in [2.75, 3.05) is 98.9 Å². The summed E-state index contributed by atoms with van der Waals surface area (Å²) in [7, 11) is 0. The van der Waals surface area contributed by atoms with E-state index in [9.17, 15) is 0 Å². The third-order valence-corrected chi connectivity index (χ3v) is 25.1. The van der Waals surface area contributed by atoms with E-state index in [1.807, 2.05) is 0 Å². The zero-order chi connectivity index (χ0) is 69.6. The summed E-state index contributed by atoms with van der Waals surface area (Å²) >= 11 is 8.58. The summed E-state index contributed by atoms with van der Waals surface area (Å²) in [5, 5.41) is 0. The number of ether oxygens (including phenoxy) is 4. The minimum Gasteiger partial charge on any atom is -0.381 e. The molecule has 0 aromatic rings. The third-order valence-electron chi connectivity index (χ3n) is 20.5. The van der Waals surface area contributed by atoms with Crippen molar-refractivity contribution >= 4 is 47.0 Å². The van der Waals surface area contributed by atoms with E-state index in [1.54, 1.807) is 0 Å². The molecular formula is C89H180O4S4. The van der Waals surface area contributed by atoms with Crippen molar-refractivity contribution in [1.82, 2.24) is 0 Å². The molecule has 0 aliphatic heterocycles. The Bertz CT molecular complexity index is 1140. The van der Waals surface area contributed by atoms with Gasteiger partial charge in [0, 0.05) is 26.4 Å². The highest BCUT2D eigenvalue weighted by atomic mass is 32.2. The largest absolute Gasteiger partial charge is 0.381 e. The van der Waals surface area contributed by atoms with E-state index < -0.39 is 0 Å². The molecule has 0 bridgehead atoms. The standard InChI is InChI=1S/C89H180O4S4/c1-5-9-13-17-21-25-29-33-37-41-45-49-53-57-61-65-77-94-81-69-73-90-85-89(86-91-74-70-82-95-78-66-62-58-54-50-46-42-38-34-30-26-22-18-14-10-6-2,87-92-75-71-83-96-79-67-63-59-55-51-47-43-39-35-31-27-23-19-15-11-7-3)88-93-76-72-84-97-80-68-64-60-56-52-48-44-40-36-32-28-24-20-16-12-8-4/h5-88H2,1-4H3. The Kier molecular flexibility index (Phi) is 92.6. The zero-order valence-corrected chi connectivity index (χ0v) is 70.4. The Morgan fingerprint density at radius 1 is 0.144 bits per heavy atom. The summed E-state index contributed by atoms with van der Waals surface area (Å²) in [5.74, 6) is 9.97. The van der Waals surface area contributed by atoms with E-state index in [1.165, 1.54) is 457 Å². The lowest BCUT2D eigenvalue weighted by atomic mass is 9.92. The molecule has 0 aromatic carbocycles. The van der Waals surface area contributed by atoms with Crippen LogP contribution in [0.4, 0.5) is 0 Å². The van der Waals surface area contributed by atoms with E-state index in [4.69, 9.17) is 18.9 Å². The van der Waals surface area contributed by atoms with Gasteiger partial charge in [0.05, 0.1) is 31.8 Å². The van der Waals surface area contributed by atoms with Crippen molar-refractivity contribution in [1.29, 1.82) is 0 Å². The number of thioether (sulfide) groups is 4. The first kappa shape index (κ1) is 98.2. The SMILES string of the molecule is CCCCCCCCCCCCCCCCCCSCCCOCC(COCCCSCCCCCCCCCCCCCCCCCC)(COCCCSCCCCCCCCCCCCCCCCCC)COCCCSCCCCCCCCCCCCCCCCCC. The maximum Gasteiger partial charge on any atom is 0.0637 e. The zero-order valence-electron chi connectivity index (χ0n) is 67.2. The molecule has 0 radical (unpaired) electrons.